The first kappa shape index (κ1) is 12.1. The highest BCUT2D eigenvalue weighted by Crippen LogP contribution is 2.27. The normalized spacial score (nSPS) is 24.4. The van der Waals surface area contributed by atoms with Crippen LogP contribution in [0.3, 0.4) is 0 Å². The van der Waals surface area contributed by atoms with Crippen molar-refractivity contribution >= 4 is 33.2 Å². The van der Waals surface area contributed by atoms with Gasteiger partial charge in [-0.05, 0) is 24.6 Å². The van der Waals surface area contributed by atoms with E-state index in [1.54, 1.807) is 0 Å². The number of hydrogen-bond donors (Lipinski definition) is 2. The molecule has 1 aliphatic rings. The smallest absolute Gasteiger partial charge is 0.242 e. The Kier molecular flexibility index (Phi) is 3.16. The van der Waals surface area contributed by atoms with Gasteiger partial charge in [-0.3, -0.25) is 0 Å². The molecule has 0 heterocycles. The second-order valence-electron chi connectivity index (χ2n) is 3.70. The van der Waals surface area contributed by atoms with E-state index in [-0.39, 0.29) is 22.0 Å². The molecule has 1 aliphatic carbocycles. The summed E-state index contributed by atoms with van der Waals surface area (Å²) in [5.41, 5.74) is 5.53. The van der Waals surface area contributed by atoms with Gasteiger partial charge < -0.3 is 5.73 Å². The van der Waals surface area contributed by atoms with Crippen LogP contribution in [0.4, 0.5) is 0 Å². The van der Waals surface area contributed by atoms with Crippen LogP contribution in [-0.4, -0.2) is 20.5 Å². The summed E-state index contributed by atoms with van der Waals surface area (Å²) in [5.74, 6) is 0. The molecule has 7 heteroatoms. The van der Waals surface area contributed by atoms with Gasteiger partial charge in [0.2, 0.25) is 10.0 Å². The van der Waals surface area contributed by atoms with Gasteiger partial charge in [0, 0.05) is 17.1 Å². The third-order valence-corrected chi connectivity index (χ3v) is 4.54. The van der Waals surface area contributed by atoms with E-state index >= 15 is 0 Å². The van der Waals surface area contributed by atoms with Gasteiger partial charge in [0.05, 0.1) is 5.02 Å². The minimum Gasteiger partial charge on any atom is -0.326 e. The molecule has 0 amide bonds. The summed E-state index contributed by atoms with van der Waals surface area (Å²) in [6.07, 6.45) is 0.650. The Labute approximate surface area is 104 Å². The van der Waals surface area contributed by atoms with Crippen molar-refractivity contribution in [3.05, 3.63) is 28.2 Å². The minimum absolute atomic E-state index is 0.0132. The first-order chi connectivity index (χ1) is 7.40. The molecule has 0 bridgehead atoms. The van der Waals surface area contributed by atoms with E-state index in [0.29, 0.717) is 11.4 Å². The third kappa shape index (κ3) is 2.49. The molecule has 0 spiro atoms. The molecule has 0 radical (unpaired) electrons. The highest BCUT2D eigenvalue weighted by molar-refractivity contribution is 7.89. The summed E-state index contributed by atoms with van der Waals surface area (Å²) in [6.45, 7) is 0. The summed E-state index contributed by atoms with van der Waals surface area (Å²) in [4.78, 5) is -0.0132. The molecule has 16 heavy (non-hydrogen) atoms. The molecule has 2 atom stereocenters. The van der Waals surface area contributed by atoms with Crippen LogP contribution in [0.2, 0.25) is 10.0 Å². The molecular weight excluding hydrogens is 271 g/mol. The second-order valence-corrected chi connectivity index (χ2v) is 6.23. The average molecular weight is 281 g/mol. The van der Waals surface area contributed by atoms with Gasteiger partial charge in [-0.1, -0.05) is 23.2 Å². The monoisotopic (exact) mass is 280 g/mol. The molecule has 1 aromatic rings. The van der Waals surface area contributed by atoms with Crippen molar-refractivity contribution in [2.45, 2.75) is 23.4 Å². The fourth-order valence-electron chi connectivity index (χ4n) is 1.30. The van der Waals surface area contributed by atoms with E-state index in [4.69, 9.17) is 28.9 Å². The van der Waals surface area contributed by atoms with Gasteiger partial charge in [0.25, 0.3) is 0 Å². The number of hydrogen-bond acceptors (Lipinski definition) is 3. The lowest BCUT2D eigenvalue weighted by molar-refractivity contribution is 0.580. The van der Waals surface area contributed by atoms with E-state index in [1.807, 2.05) is 0 Å². The van der Waals surface area contributed by atoms with E-state index in [2.05, 4.69) is 4.72 Å². The van der Waals surface area contributed by atoms with Gasteiger partial charge in [0.15, 0.2) is 0 Å². The highest BCUT2D eigenvalue weighted by atomic mass is 35.5. The number of halogens is 2. The van der Waals surface area contributed by atoms with Crippen LogP contribution in [0.15, 0.2) is 23.1 Å². The SMILES string of the molecule is NC1CC1NS(=O)(=O)c1cc(Cl)ccc1Cl. The van der Waals surface area contributed by atoms with Gasteiger partial charge in [-0.25, -0.2) is 13.1 Å². The minimum atomic E-state index is -3.63. The molecule has 2 unspecified atom stereocenters. The lowest BCUT2D eigenvalue weighted by Crippen LogP contribution is -2.30. The van der Waals surface area contributed by atoms with Crippen molar-refractivity contribution in [1.29, 1.82) is 0 Å². The highest BCUT2D eigenvalue weighted by Gasteiger charge is 2.37. The Bertz CT molecular complexity index is 518. The van der Waals surface area contributed by atoms with Crippen LogP contribution < -0.4 is 10.5 Å². The first-order valence-corrected chi connectivity index (χ1v) is 6.87. The zero-order valence-electron chi connectivity index (χ0n) is 8.15. The maximum atomic E-state index is 11.9. The largest absolute Gasteiger partial charge is 0.326 e. The summed E-state index contributed by atoms with van der Waals surface area (Å²) >= 11 is 11.5. The summed E-state index contributed by atoms with van der Waals surface area (Å²) < 4.78 is 26.3. The second kappa shape index (κ2) is 4.16. The fraction of sp³-hybridized carbons (Fsp3) is 0.333. The standard InChI is InChI=1S/C9H10Cl2N2O2S/c10-5-1-2-6(11)9(3-5)16(14,15)13-8-4-7(8)12/h1-3,7-8,13H,4,12H2. The molecular formula is C9H10Cl2N2O2S. The van der Waals surface area contributed by atoms with E-state index in [0.717, 1.165) is 0 Å². The summed E-state index contributed by atoms with van der Waals surface area (Å²) in [7, 11) is -3.63. The van der Waals surface area contributed by atoms with Crippen molar-refractivity contribution in [1.82, 2.24) is 4.72 Å². The van der Waals surface area contributed by atoms with E-state index < -0.39 is 10.0 Å². The Morgan fingerprint density at radius 2 is 2.00 bits per heavy atom. The molecule has 3 N–H and O–H groups in total. The Morgan fingerprint density at radius 1 is 1.38 bits per heavy atom. The molecule has 1 aromatic carbocycles. The quantitative estimate of drug-likeness (QED) is 0.879. The Morgan fingerprint density at radius 3 is 2.56 bits per heavy atom. The van der Waals surface area contributed by atoms with E-state index in [9.17, 15) is 8.42 Å². The van der Waals surface area contributed by atoms with Crippen LogP contribution in [0, 0.1) is 0 Å². The molecule has 88 valence electrons. The number of nitrogens with two attached hydrogens (primary N) is 1. The predicted octanol–water partition coefficient (Wildman–Crippen LogP) is 1.37. The van der Waals surface area contributed by atoms with Crippen LogP contribution in [-0.2, 0) is 10.0 Å². The van der Waals surface area contributed by atoms with Crippen LogP contribution in [0.25, 0.3) is 0 Å². The van der Waals surface area contributed by atoms with Gasteiger partial charge >= 0.3 is 0 Å². The number of sulfonamides is 1. The first-order valence-electron chi connectivity index (χ1n) is 4.63. The average Bonchev–Trinajstić information content (AvgIpc) is 2.85. The number of nitrogens with one attached hydrogen (secondary N) is 1. The van der Waals surface area contributed by atoms with E-state index in [1.165, 1.54) is 18.2 Å². The maximum absolute atomic E-state index is 11.9. The van der Waals surface area contributed by atoms with Crippen molar-refractivity contribution in [2.75, 3.05) is 0 Å². The fourth-order valence-corrected chi connectivity index (χ4v) is 3.36. The molecule has 0 aliphatic heterocycles. The van der Waals surface area contributed by atoms with Gasteiger partial charge in [-0.2, -0.15) is 0 Å². The van der Waals surface area contributed by atoms with Crippen LogP contribution in [0.1, 0.15) is 6.42 Å². The molecule has 0 aromatic heterocycles. The predicted molar refractivity (Wildman–Crippen MR) is 63.2 cm³/mol. The van der Waals surface area contributed by atoms with Crippen molar-refractivity contribution in [3.63, 3.8) is 0 Å². The zero-order chi connectivity index (χ0) is 11.9. The molecule has 1 saturated carbocycles. The van der Waals surface area contributed by atoms with Gasteiger partial charge in [0.1, 0.15) is 4.90 Å². The van der Waals surface area contributed by atoms with Crippen molar-refractivity contribution in [3.8, 4) is 0 Å². The lowest BCUT2D eigenvalue weighted by atomic mass is 10.4. The topological polar surface area (TPSA) is 72.2 Å². The Hall–Kier alpha value is -0.330. The van der Waals surface area contributed by atoms with Crippen molar-refractivity contribution in [2.24, 2.45) is 5.73 Å². The third-order valence-electron chi connectivity index (χ3n) is 2.33. The number of rotatable bonds is 3. The number of benzene rings is 1. The van der Waals surface area contributed by atoms with Crippen LogP contribution in [0.5, 0.6) is 0 Å². The lowest BCUT2D eigenvalue weighted by Gasteiger charge is -2.07. The van der Waals surface area contributed by atoms with Gasteiger partial charge in [-0.15, -0.1) is 0 Å². The molecule has 4 nitrogen and oxygen atoms in total. The molecule has 2 rings (SSSR count). The maximum Gasteiger partial charge on any atom is 0.242 e. The molecule has 1 fully saturated rings. The van der Waals surface area contributed by atoms with Crippen LogP contribution >= 0.6 is 23.2 Å². The molecule has 0 saturated heterocycles. The zero-order valence-corrected chi connectivity index (χ0v) is 10.5. The Balaban J connectivity index is 2.31. The summed E-state index contributed by atoms with van der Waals surface area (Å²) in [6, 6.07) is 4.00. The van der Waals surface area contributed by atoms with Crippen molar-refractivity contribution < 1.29 is 8.42 Å². The summed E-state index contributed by atoms with van der Waals surface area (Å²) in [5, 5.41) is 0.469.